The van der Waals surface area contributed by atoms with Gasteiger partial charge in [0.2, 0.25) is 11.9 Å². The van der Waals surface area contributed by atoms with Crippen LogP contribution < -0.4 is 0 Å². The van der Waals surface area contributed by atoms with Crippen molar-refractivity contribution < 1.29 is 56.8 Å². The van der Waals surface area contributed by atoms with Crippen molar-refractivity contribution >= 4 is 107 Å². The number of thiophene rings is 2. The Morgan fingerprint density at radius 3 is 0.904 bits per heavy atom. The molecule has 18 nitrogen and oxygen atoms in total. The molecule has 0 spiro atoms. The van der Waals surface area contributed by atoms with Crippen LogP contribution in [0.1, 0.15) is 153 Å². The zero-order valence-electron chi connectivity index (χ0n) is 79.6. The van der Waals surface area contributed by atoms with Gasteiger partial charge in [0, 0.05) is 159 Å². The Hall–Kier alpha value is -10.1. The summed E-state index contributed by atoms with van der Waals surface area (Å²) in [5, 5.41) is 9.75. The topological polar surface area (TPSA) is 172 Å². The lowest BCUT2D eigenvalue weighted by Crippen LogP contribution is -2.45. The van der Waals surface area contributed by atoms with Crippen LogP contribution in [0.4, 0.5) is 0 Å². The lowest BCUT2D eigenvalue weighted by Gasteiger charge is -2.40. The third-order valence-electron chi connectivity index (χ3n) is 28.4. The SMILES string of the molecule is CCC1(COCCCCCOCc2ccc3sc4c(ccc5c4c4cc(COCCCCCOCC6(CC)COC6)ccc4n5-c4nc(-c5ccccc5)cc(-c5ccccc5)n4)c3c2)COC1.CCC1(COCCCCCOCc2ccc3sc4ccc5c(c6cc(COCCCCCOCC7(CC)COC7)ccc6n5-c5nc(-c6ccccc6)cc(-c6ccccc6)n5)c4c3c2)COC1. The third-order valence-corrected chi connectivity index (χ3v) is 30.7. The summed E-state index contributed by atoms with van der Waals surface area (Å²) in [5.41, 5.74) is 17.6. The number of hydrogen-bond acceptors (Lipinski definition) is 18. The van der Waals surface area contributed by atoms with Gasteiger partial charge in [0.1, 0.15) is 0 Å². The molecule has 20 rings (SSSR count). The van der Waals surface area contributed by atoms with Crippen molar-refractivity contribution in [2.24, 2.45) is 21.7 Å². The Morgan fingerprint density at radius 1 is 0.265 bits per heavy atom. The van der Waals surface area contributed by atoms with E-state index in [1.165, 1.54) is 67.6 Å². The minimum absolute atomic E-state index is 0.238. The van der Waals surface area contributed by atoms with Crippen molar-refractivity contribution in [2.45, 2.75) is 157 Å². The Kier molecular flexibility index (Phi) is 31.6. The molecule has 4 saturated heterocycles. The Morgan fingerprint density at radius 2 is 0.559 bits per heavy atom. The van der Waals surface area contributed by atoms with Gasteiger partial charge in [0.15, 0.2) is 0 Å². The summed E-state index contributed by atoms with van der Waals surface area (Å²) in [7, 11) is 0. The molecular weight excluding hydrogens is 1730 g/mol. The molecule has 10 heterocycles. The summed E-state index contributed by atoms with van der Waals surface area (Å²) in [6.07, 6.45) is 17.1. The molecule has 4 aliphatic rings. The third kappa shape index (κ3) is 22.0. The van der Waals surface area contributed by atoms with Crippen molar-refractivity contribution in [1.82, 2.24) is 29.1 Å². The number of aromatic nitrogens is 6. The van der Waals surface area contributed by atoms with E-state index in [0.29, 0.717) is 51.5 Å². The van der Waals surface area contributed by atoms with Crippen molar-refractivity contribution in [3.8, 4) is 56.9 Å². The van der Waals surface area contributed by atoms with Crippen LogP contribution >= 0.6 is 22.7 Å². The van der Waals surface area contributed by atoms with Gasteiger partial charge in [-0.15, -0.1) is 22.7 Å². The molecule has 0 amide bonds. The van der Waals surface area contributed by atoms with E-state index < -0.39 is 0 Å². The molecule has 0 N–H and O–H groups in total. The molecule has 4 aliphatic heterocycles. The average Bonchev–Trinajstić information content (AvgIpc) is 1.56. The van der Waals surface area contributed by atoms with Gasteiger partial charge in [0.05, 0.1) is 151 Å². The zero-order valence-corrected chi connectivity index (χ0v) is 81.3. The summed E-state index contributed by atoms with van der Waals surface area (Å²) in [6, 6.07) is 82.1. The summed E-state index contributed by atoms with van der Waals surface area (Å²) in [4.78, 5) is 21.3. The second-order valence-corrected chi connectivity index (χ2v) is 40.4. The highest BCUT2D eigenvalue weighted by Gasteiger charge is 2.40. The second kappa shape index (κ2) is 45.2. The molecule has 0 aliphatic carbocycles. The molecule has 0 radical (unpaired) electrons. The number of ether oxygens (including phenoxy) is 12. The van der Waals surface area contributed by atoms with Gasteiger partial charge >= 0.3 is 0 Å². The van der Waals surface area contributed by atoms with Crippen molar-refractivity contribution in [1.29, 1.82) is 0 Å². The summed E-state index contributed by atoms with van der Waals surface area (Å²) < 4.78 is 80.7. The van der Waals surface area contributed by atoms with E-state index in [0.717, 1.165) is 305 Å². The molecular formula is C116H130N6O12S2. The first-order valence-corrected chi connectivity index (χ1v) is 51.5. The van der Waals surface area contributed by atoms with Gasteiger partial charge < -0.3 is 56.8 Å². The van der Waals surface area contributed by atoms with E-state index in [1.54, 1.807) is 0 Å². The smallest absolute Gasteiger partial charge is 0.235 e. The van der Waals surface area contributed by atoms with Gasteiger partial charge in [-0.05, 0) is 204 Å². The van der Waals surface area contributed by atoms with Crippen molar-refractivity contribution in [2.75, 3.05) is 132 Å². The number of hydrogen-bond donors (Lipinski definition) is 0. The second-order valence-electron chi connectivity index (χ2n) is 38.3. The van der Waals surface area contributed by atoms with Crippen molar-refractivity contribution in [3.05, 3.63) is 253 Å². The fourth-order valence-electron chi connectivity index (χ4n) is 19.2. The highest BCUT2D eigenvalue weighted by atomic mass is 32.1. The van der Waals surface area contributed by atoms with E-state index in [2.05, 4.69) is 243 Å². The highest BCUT2D eigenvalue weighted by Crippen LogP contribution is 2.48. The Labute approximate surface area is 807 Å². The predicted molar refractivity (Wildman–Crippen MR) is 552 cm³/mol. The van der Waals surface area contributed by atoms with Crippen LogP contribution in [0.25, 0.3) is 141 Å². The highest BCUT2D eigenvalue weighted by molar-refractivity contribution is 7.27. The van der Waals surface area contributed by atoms with E-state index in [9.17, 15) is 0 Å². The molecule has 10 aromatic carbocycles. The maximum Gasteiger partial charge on any atom is 0.235 e. The van der Waals surface area contributed by atoms with Gasteiger partial charge in [-0.1, -0.05) is 179 Å². The molecule has 0 atom stereocenters. The number of benzene rings is 10. The standard InChI is InChI=1S/2C58H65N3O6S/c1-3-57(38-66-39-57)36-64-29-15-7-13-27-62-34-42-21-24-51-48(32-42)54-52(61(51)56-59-49(44-17-9-5-10-18-44)33-50(60-56)45-19-11-6-12-20-45)25-23-46-47-31-43(22-26-53(47)68-55(46)54)35-63-28-14-8-16-30-65-37-58(4-2)40-67-41-58;1-3-57(38-66-39-57)36-64-29-15-7-13-27-62-34-42-21-23-50-46(31-42)54-51(61(50)56-59-48(44-17-9-5-10-18-44)33-49(60-56)45-19-11-6-12-20-45)24-26-53-55(54)47-32-43(22-25-52(47)68-53)35-63-28-14-8-16-30-65-37-58(4-2)40-67-41-58/h2*5-6,9-12,17-26,31-33H,3-4,7-8,13-16,27-30,34-41H2,1-2H3. The lowest BCUT2D eigenvalue weighted by molar-refractivity contribution is -0.150. The van der Waals surface area contributed by atoms with Gasteiger partial charge in [-0.2, -0.15) is 0 Å². The largest absolute Gasteiger partial charge is 0.381 e. The van der Waals surface area contributed by atoms with Gasteiger partial charge in [-0.25, -0.2) is 19.9 Å². The first-order valence-electron chi connectivity index (χ1n) is 49.8. The molecule has 0 bridgehead atoms. The van der Waals surface area contributed by atoms with Crippen LogP contribution in [0.5, 0.6) is 0 Å². The van der Waals surface area contributed by atoms with Crippen molar-refractivity contribution in [3.63, 3.8) is 0 Å². The van der Waals surface area contributed by atoms with E-state index in [4.69, 9.17) is 76.8 Å². The van der Waals surface area contributed by atoms with Gasteiger partial charge in [-0.3, -0.25) is 9.13 Å². The van der Waals surface area contributed by atoms with Crippen LogP contribution in [0, 0.1) is 21.7 Å². The lowest BCUT2D eigenvalue weighted by atomic mass is 9.84. The minimum atomic E-state index is 0.238. The summed E-state index contributed by atoms with van der Waals surface area (Å²) >= 11 is 3.70. The first-order chi connectivity index (χ1) is 67.1. The molecule has 0 saturated carbocycles. The predicted octanol–water partition coefficient (Wildman–Crippen LogP) is 27.1. The van der Waals surface area contributed by atoms with E-state index >= 15 is 0 Å². The fourth-order valence-corrected chi connectivity index (χ4v) is 21.5. The molecule has 136 heavy (non-hydrogen) atoms. The number of unbranched alkanes of at least 4 members (excludes halogenated alkanes) is 8. The van der Waals surface area contributed by atoms with Crippen LogP contribution in [0.3, 0.4) is 0 Å². The van der Waals surface area contributed by atoms with Gasteiger partial charge in [0.25, 0.3) is 0 Å². The quantitative estimate of drug-likeness (QED) is 0.0329. The monoisotopic (exact) mass is 1860 g/mol. The summed E-state index contributed by atoms with van der Waals surface area (Å²) in [6.45, 7) is 27.1. The maximum absolute atomic E-state index is 6.36. The van der Waals surface area contributed by atoms with Crippen LogP contribution in [-0.4, -0.2) is 161 Å². The van der Waals surface area contributed by atoms with Crippen LogP contribution in [0.15, 0.2) is 231 Å². The Bertz CT molecular complexity index is 6500. The number of fused-ring (bicyclic) bond motifs is 14. The summed E-state index contributed by atoms with van der Waals surface area (Å²) in [5.74, 6) is 1.28. The molecule has 0 unspecified atom stereocenters. The van der Waals surface area contributed by atoms with E-state index in [1.807, 2.05) is 46.9 Å². The first kappa shape index (κ1) is 94.9. The minimum Gasteiger partial charge on any atom is -0.381 e. The molecule has 708 valence electrons. The Balaban J connectivity index is 0.000000174. The van der Waals surface area contributed by atoms with E-state index in [-0.39, 0.29) is 21.7 Å². The normalized spacial score (nSPS) is 15.4. The van der Waals surface area contributed by atoms with Crippen LogP contribution in [0.2, 0.25) is 0 Å². The molecule has 20 heteroatoms. The zero-order chi connectivity index (χ0) is 92.4. The maximum atomic E-state index is 6.36. The fraction of sp³-hybridized carbons (Fsp3) is 0.414. The number of nitrogens with zero attached hydrogens (tertiary/aromatic N) is 6. The van der Waals surface area contributed by atoms with Crippen LogP contribution in [-0.2, 0) is 83.3 Å². The molecule has 16 aromatic rings. The average molecular weight is 1860 g/mol. The number of rotatable bonds is 50. The molecule has 4 fully saturated rings. The molecule has 6 aromatic heterocycles.